The molecule has 1 N–H and O–H groups in total. The quantitative estimate of drug-likeness (QED) is 0.601. The van der Waals surface area contributed by atoms with Gasteiger partial charge in [-0.2, -0.15) is 0 Å². The van der Waals surface area contributed by atoms with Crippen LogP contribution in [0.15, 0.2) is 42.0 Å². The van der Waals surface area contributed by atoms with Gasteiger partial charge in [0.05, 0.1) is 0 Å². The van der Waals surface area contributed by atoms with E-state index in [0.717, 1.165) is 18.5 Å². The molecule has 0 spiro atoms. The van der Waals surface area contributed by atoms with Gasteiger partial charge in [0.25, 0.3) is 0 Å². The topological polar surface area (TPSA) is 29.1 Å². The normalized spacial score (nSPS) is 15.5. The highest BCUT2D eigenvalue weighted by atomic mass is 16.1. The Hall–Kier alpha value is -1.83. The van der Waals surface area contributed by atoms with Crippen molar-refractivity contribution in [2.45, 2.75) is 58.3 Å². The third-order valence-electron chi connectivity index (χ3n) is 4.33. The highest BCUT2D eigenvalue weighted by molar-refractivity contribution is 5.91. The van der Waals surface area contributed by atoms with Crippen molar-refractivity contribution in [1.29, 1.82) is 0 Å². The van der Waals surface area contributed by atoms with Crippen LogP contribution in [-0.4, -0.2) is 12.5 Å². The van der Waals surface area contributed by atoms with E-state index in [4.69, 9.17) is 0 Å². The van der Waals surface area contributed by atoms with Crippen LogP contribution in [0.5, 0.6) is 0 Å². The summed E-state index contributed by atoms with van der Waals surface area (Å²) in [6, 6.07) is 8.40. The van der Waals surface area contributed by atoms with Gasteiger partial charge in [-0.15, -0.1) is 0 Å². The average Bonchev–Trinajstić information content (AvgIpc) is 2.53. The first-order valence-corrected chi connectivity index (χ1v) is 8.69. The Bertz CT molecular complexity index is 573. The molecule has 23 heavy (non-hydrogen) atoms. The minimum absolute atomic E-state index is 0.0127. The molecule has 124 valence electrons. The van der Waals surface area contributed by atoms with Crippen LogP contribution in [0.1, 0.15) is 64.0 Å². The molecule has 0 atom stereocenters. The summed E-state index contributed by atoms with van der Waals surface area (Å²) in [6.45, 7) is 7.34. The number of benzene rings is 1. The van der Waals surface area contributed by atoms with Gasteiger partial charge in [-0.05, 0) is 54.7 Å². The highest BCUT2D eigenvalue weighted by Crippen LogP contribution is 2.22. The van der Waals surface area contributed by atoms with Crippen LogP contribution >= 0.6 is 0 Å². The third kappa shape index (κ3) is 6.05. The molecule has 0 bridgehead atoms. The lowest BCUT2D eigenvalue weighted by Crippen LogP contribution is -2.22. The maximum Gasteiger partial charge on any atom is 0.244 e. The minimum Gasteiger partial charge on any atom is -0.352 e. The summed E-state index contributed by atoms with van der Waals surface area (Å²) in [5.41, 5.74) is 4.02. The second-order valence-corrected chi connectivity index (χ2v) is 7.35. The van der Waals surface area contributed by atoms with E-state index in [1.165, 1.54) is 36.8 Å². The Morgan fingerprint density at radius 1 is 1.17 bits per heavy atom. The van der Waals surface area contributed by atoms with Crippen LogP contribution < -0.4 is 5.32 Å². The lowest BCUT2D eigenvalue weighted by molar-refractivity contribution is -0.116. The van der Waals surface area contributed by atoms with E-state index in [0.29, 0.717) is 0 Å². The fourth-order valence-corrected chi connectivity index (χ4v) is 2.80. The third-order valence-corrected chi connectivity index (χ3v) is 4.33. The molecule has 0 radical (unpaired) electrons. The molecular weight excluding hydrogens is 282 g/mol. The van der Waals surface area contributed by atoms with Gasteiger partial charge < -0.3 is 5.32 Å². The predicted molar refractivity (Wildman–Crippen MR) is 98.4 cm³/mol. The Kier molecular flexibility index (Phi) is 6.20. The predicted octanol–water partition coefficient (Wildman–Crippen LogP) is 5.00. The Balaban J connectivity index is 1.78. The summed E-state index contributed by atoms with van der Waals surface area (Å²) in [4.78, 5) is 11.9. The molecule has 2 heteroatoms. The molecule has 2 nitrogen and oxygen atoms in total. The molecule has 0 aromatic heterocycles. The fourth-order valence-electron chi connectivity index (χ4n) is 2.80. The van der Waals surface area contributed by atoms with Crippen molar-refractivity contribution in [3.05, 3.63) is 53.1 Å². The number of allylic oxidation sites excluding steroid dienone is 1. The fraction of sp³-hybridized carbons (Fsp3) is 0.476. The van der Waals surface area contributed by atoms with Gasteiger partial charge in [-0.1, -0.05) is 56.7 Å². The maximum atomic E-state index is 11.9. The second kappa shape index (κ2) is 8.14. The molecule has 0 unspecified atom stereocenters. The van der Waals surface area contributed by atoms with E-state index in [1.807, 2.05) is 6.08 Å². The molecule has 0 heterocycles. The summed E-state index contributed by atoms with van der Waals surface area (Å²) in [5.74, 6) is -0.0127. The first kappa shape index (κ1) is 17.5. The number of carbonyl (C=O) groups excluding carboxylic acids is 1. The van der Waals surface area contributed by atoms with Gasteiger partial charge in [-0.25, -0.2) is 0 Å². The van der Waals surface area contributed by atoms with Crippen molar-refractivity contribution in [3.8, 4) is 0 Å². The van der Waals surface area contributed by atoms with Gasteiger partial charge in [0.15, 0.2) is 0 Å². The maximum absolute atomic E-state index is 11.9. The van der Waals surface area contributed by atoms with Crippen LogP contribution in [0.2, 0.25) is 0 Å². The molecule has 1 amide bonds. The van der Waals surface area contributed by atoms with Crippen molar-refractivity contribution in [2.24, 2.45) is 0 Å². The van der Waals surface area contributed by atoms with Crippen LogP contribution in [0.3, 0.4) is 0 Å². The number of nitrogens with one attached hydrogen (secondary N) is 1. The van der Waals surface area contributed by atoms with E-state index in [2.05, 4.69) is 56.4 Å². The zero-order valence-corrected chi connectivity index (χ0v) is 14.7. The van der Waals surface area contributed by atoms with Gasteiger partial charge in [0.1, 0.15) is 0 Å². The molecule has 1 aromatic rings. The highest BCUT2D eigenvalue weighted by Gasteiger charge is 2.12. The molecule has 2 rings (SSSR count). The molecule has 1 aliphatic carbocycles. The molecule has 1 aromatic carbocycles. The summed E-state index contributed by atoms with van der Waals surface area (Å²) in [7, 11) is 0. The van der Waals surface area contributed by atoms with E-state index >= 15 is 0 Å². The van der Waals surface area contributed by atoms with Gasteiger partial charge in [0.2, 0.25) is 5.91 Å². The summed E-state index contributed by atoms with van der Waals surface area (Å²) in [6.07, 6.45) is 11.8. The van der Waals surface area contributed by atoms with E-state index in [9.17, 15) is 4.79 Å². The lowest BCUT2D eigenvalue weighted by Gasteiger charge is -2.18. The summed E-state index contributed by atoms with van der Waals surface area (Å²) < 4.78 is 0. The zero-order valence-electron chi connectivity index (χ0n) is 14.7. The Morgan fingerprint density at radius 3 is 2.52 bits per heavy atom. The molecular formula is C21H29NO. The average molecular weight is 311 g/mol. The van der Waals surface area contributed by atoms with Crippen molar-refractivity contribution in [1.82, 2.24) is 5.32 Å². The largest absolute Gasteiger partial charge is 0.352 e. The van der Waals surface area contributed by atoms with E-state index in [-0.39, 0.29) is 11.3 Å². The van der Waals surface area contributed by atoms with Gasteiger partial charge in [0, 0.05) is 12.6 Å². The number of carbonyl (C=O) groups is 1. The van der Waals surface area contributed by atoms with Crippen LogP contribution in [0.4, 0.5) is 0 Å². The molecule has 0 aliphatic heterocycles. The minimum atomic E-state index is -0.0127. The van der Waals surface area contributed by atoms with Crippen molar-refractivity contribution < 1.29 is 4.79 Å². The van der Waals surface area contributed by atoms with Crippen molar-refractivity contribution in [2.75, 3.05) is 6.54 Å². The first-order valence-electron chi connectivity index (χ1n) is 8.69. The summed E-state index contributed by atoms with van der Waals surface area (Å²) in [5, 5.41) is 2.97. The van der Waals surface area contributed by atoms with Crippen molar-refractivity contribution >= 4 is 12.0 Å². The number of hydrogen-bond acceptors (Lipinski definition) is 1. The number of rotatable bonds is 5. The van der Waals surface area contributed by atoms with Gasteiger partial charge in [-0.3, -0.25) is 4.79 Å². The van der Waals surface area contributed by atoms with Crippen LogP contribution in [0, 0.1) is 0 Å². The number of amides is 1. The molecule has 1 aliphatic rings. The van der Waals surface area contributed by atoms with E-state index in [1.54, 1.807) is 6.08 Å². The number of hydrogen-bond donors (Lipinski definition) is 1. The van der Waals surface area contributed by atoms with Crippen molar-refractivity contribution in [3.63, 3.8) is 0 Å². The summed E-state index contributed by atoms with van der Waals surface area (Å²) >= 11 is 0. The van der Waals surface area contributed by atoms with Gasteiger partial charge >= 0.3 is 0 Å². The van der Waals surface area contributed by atoms with Crippen LogP contribution in [0.25, 0.3) is 6.08 Å². The monoisotopic (exact) mass is 311 g/mol. The molecule has 0 fully saturated rings. The SMILES string of the molecule is CC(C)(C)c1ccc(/C=C/C(=O)NCCC2=CCCCC2)cc1. The second-order valence-electron chi connectivity index (χ2n) is 7.35. The van der Waals surface area contributed by atoms with E-state index < -0.39 is 0 Å². The first-order chi connectivity index (χ1) is 10.9. The lowest BCUT2D eigenvalue weighted by atomic mass is 9.87. The smallest absolute Gasteiger partial charge is 0.244 e. The Labute approximate surface area is 140 Å². The molecule has 0 saturated carbocycles. The Morgan fingerprint density at radius 2 is 1.91 bits per heavy atom. The standard InChI is InChI=1S/C21H29NO/c1-21(2,3)19-12-9-18(10-13-19)11-14-20(23)22-16-15-17-7-5-4-6-8-17/h7,9-14H,4-6,8,15-16H2,1-3H3,(H,22,23)/b14-11+. The van der Waals surface area contributed by atoms with Crippen LogP contribution in [-0.2, 0) is 10.2 Å². The zero-order chi connectivity index (χ0) is 16.7. The molecule has 0 saturated heterocycles.